The molecule has 0 saturated carbocycles. The van der Waals surface area contributed by atoms with Crippen LogP contribution in [0.2, 0.25) is 0 Å². The van der Waals surface area contributed by atoms with E-state index in [2.05, 4.69) is 9.44 Å². The van der Waals surface area contributed by atoms with E-state index in [1.807, 2.05) is 24.3 Å². The van der Waals surface area contributed by atoms with Gasteiger partial charge in [-0.2, -0.15) is 0 Å². The van der Waals surface area contributed by atoms with Gasteiger partial charge in [0.1, 0.15) is 13.2 Å². The van der Waals surface area contributed by atoms with E-state index >= 15 is 0 Å². The monoisotopic (exact) mass is 496 g/mol. The van der Waals surface area contributed by atoms with E-state index in [0.29, 0.717) is 30.4 Å². The highest BCUT2D eigenvalue weighted by atomic mass is 32.2. The maximum atomic E-state index is 12.8. The van der Waals surface area contributed by atoms with Crippen molar-refractivity contribution in [2.75, 3.05) is 22.7 Å². The second kappa shape index (κ2) is 8.54. The fourth-order valence-corrected chi connectivity index (χ4v) is 5.73. The predicted molar refractivity (Wildman–Crippen MR) is 129 cm³/mol. The Bertz CT molecular complexity index is 1580. The lowest BCUT2D eigenvalue weighted by molar-refractivity contribution is 0.171. The van der Waals surface area contributed by atoms with Gasteiger partial charge in [0.25, 0.3) is 20.0 Å². The van der Waals surface area contributed by atoms with Gasteiger partial charge in [0, 0.05) is 17.4 Å². The molecule has 1 aliphatic rings. The highest BCUT2D eigenvalue weighted by molar-refractivity contribution is 7.93. The predicted octanol–water partition coefficient (Wildman–Crippen LogP) is 4.21. The van der Waals surface area contributed by atoms with Gasteiger partial charge in [-0.05, 0) is 59.3 Å². The Morgan fingerprint density at radius 1 is 0.559 bits per heavy atom. The SMILES string of the molecule is O=S(=O)(Nc1ccc(NS(=O)(=O)c2ccc3ccccc3c2)cc1)c1ccc2c(c1)OCCO2. The van der Waals surface area contributed by atoms with Gasteiger partial charge in [-0.1, -0.05) is 30.3 Å². The summed E-state index contributed by atoms with van der Waals surface area (Å²) in [5, 5.41) is 1.75. The molecule has 4 aromatic rings. The normalized spacial score (nSPS) is 13.4. The molecule has 0 saturated heterocycles. The first-order chi connectivity index (χ1) is 16.3. The van der Waals surface area contributed by atoms with Crippen LogP contribution in [0.3, 0.4) is 0 Å². The second-order valence-electron chi connectivity index (χ2n) is 7.60. The first-order valence-corrected chi connectivity index (χ1v) is 13.3. The van der Waals surface area contributed by atoms with Gasteiger partial charge in [-0.3, -0.25) is 9.44 Å². The molecular weight excluding hydrogens is 476 g/mol. The average Bonchev–Trinajstić information content (AvgIpc) is 2.84. The third kappa shape index (κ3) is 4.50. The van der Waals surface area contributed by atoms with Crippen LogP contribution in [-0.2, 0) is 20.0 Å². The lowest BCUT2D eigenvalue weighted by Gasteiger charge is -2.19. The summed E-state index contributed by atoms with van der Waals surface area (Å²) in [5.41, 5.74) is 0.582. The quantitative estimate of drug-likeness (QED) is 0.414. The molecule has 2 N–H and O–H groups in total. The van der Waals surface area contributed by atoms with E-state index in [9.17, 15) is 16.8 Å². The number of anilines is 2. The van der Waals surface area contributed by atoms with E-state index < -0.39 is 20.0 Å². The molecule has 0 spiro atoms. The summed E-state index contributed by atoms with van der Waals surface area (Å²) < 4.78 is 67.1. The number of hydrogen-bond donors (Lipinski definition) is 2. The van der Waals surface area contributed by atoms with Gasteiger partial charge in [0.15, 0.2) is 11.5 Å². The zero-order valence-corrected chi connectivity index (χ0v) is 19.4. The summed E-state index contributed by atoms with van der Waals surface area (Å²) >= 11 is 0. The van der Waals surface area contributed by atoms with Gasteiger partial charge >= 0.3 is 0 Å². The highest BCUT2D eigenvalue weighted by Crippen LogP contribution is 2.33. The van der Waals surface area contributed by atoms with Crippen LogP contribution in [0.25, 0.3) is 10.8 Å². The Balaban J connectivity index is 1.32. The van der Waals surface area contributed by atoms with Crippen molar-refractivity contribution in [2.24, 2.45) is 0 Å². The third-order valence-corrected chi connectivity index (χ3v) is 8.00. The number of nitrogens with one attached hydrogen (secondary N) is 2. The Kier molecular flexibility index (Phi) is 5.54. The van der Waals surface area contributed by atoms with Crippen LogP contribution in [0.4, 0.5) is 11.4 Å². The Morgan fingerprint density at radius 2 is 1.09 bits per heavy atom. The summed E-state index contributed by atoms with van der Waals surface area (Å²) in [6, 6.07) is 22.7. The van der Waals surface area contributed by atoms with Crippen molar-refractivity contribution < 1.29 is 26.3 Å². The van der Waals surface area contributed by atoms with Crippen molar-refractivity contribution in [2.45, 2.75) is 9.79 Å². The molecule has 4 aromatic carbocycles. The minimum Gasteiger partial charge on any atom is -0.486 e. The summed E-state index contributed by atoms with van der Waals surface area (Å²) in [6.45, 7) is 0.759. The molecule has 8 nitrogen and oxygen atoms in total. The van der Waals surface area contributed by atoms with Crippen molar-refractivity contribution in [1.82, 2.24) is 0 Å². The molecule has 10 heteroatoms. The third-order valence-electron chi connectivity index (χ3n) is 5.24. The number of rotatable bonds is 6. The van der Waals surface area contributed by atoms with Crippen LogP contribution in [0.15, 0.2) is 94.7 Å². The van der Waals surface area contributed by atoms with E-state index in [1.165, 1.54) is 36.4 Å². The van der Waals surface area contributed by atoms with Crippen molar-refractivity contribution in [3.05, 3.63) is 84.9 Å². The van der Waals surface area contributed by atoms with E-state index in [1.54, 1.807) is 24.3 Å². The molecule has 1 aliphatic heterocycles. The van der Waals surface area contributed by atoms with Gasteiger partial charge in [0.2, 0.25) is 0 Å². The molecular formula is C24H20N2O6S2. The number of sulfonamides is 2. The summed E-state index contributed by atoms with van der Waals surface area (Å²) in [7, 11) is -7.70. The van der Waals surface area contributed by atoms with Crippen LogP contribution < -0.4 is 18.9 Å². The Labute approximate surface area is 197 Å². The van der Waals surface area contributed by atoms with Crippen LogP contribution in [0.1, 0.15) is 0 Å². The average molecular weight is 497 g/mol. The molecule has 0 unspecified atom stereocenters. The summed E-state index contributed by atoms with van der Waals surface area (Å²) in [6.07, 6.45) is 0. The number of ether oxygens (including phenoxy) is 2. The van der Waals surface area contributed by atoms with Gasteiger partial charge in [-0.25, -0.2) is 16.8 Å². The first kappa shape index (κ1) is 22.1. The molecule has 1 heterocycles. The molecule has 5 rings (SSSR count). The molecule has 0 bridgehead atoms. The van der Waals surface area contributed by atoms with Gasteiger partial charge in [-0.15, -0.1) is 0 Å². The standard InChI is InChI=1S/C24H20N2O6S2/c27-33(28,21-10-5-17-3-1-2-4-18(17)15-21)25-19-6-8-20(9-7-19)26-34(29,30)22-11-12-23-24(16-22)32-14-13-31-23/h1-12,15-16,25-26H,13-14H2. The zero-order valence-electron chi connectivity index (χ0n) is 17.8. The number of benzene rings is 4. The van der Waals surface area contributed by atoms with Crippen LogP contribution in [0, 0.1) is 0 Å². The van der Waals surface area contributed by atoms with Crippen LogP contribution in [-0.4, -0.2) is 30.0 Å². The molecule has 0 fully saturated rings. The summed E-state index contributed by atoms with van der Waals surface area (Å²) in [5.74, 6) is 0.862. The molecule has 0 aromatic heterocycles. The van der Waals surface area contributed by atoms with E-state index in [-0.39, 0.29) is 15.5 Å². The lowest BCUT2D eigenvalue weighted by atomic mass is 10.1. The molecule has 174 valence electrons. The molecule has 0 atom stereocenters. The molecule has 0 aliphatic carbocycles. The van der Waals surface area contributed by atoms with Crippen LogP contribution in [0.5, 0.6) is 11.5 Å². The van der Waals surface area contributed by atoms with Crippen molar-refractivity contribution in [3.63, 3.8) is 0 Å². The van der Waals surface area contributed by atoms with E-state index in [0.717, 1.165) is 10.8 Å². The van der Waals surface area contributed by atoms with Crippen molar-refractivity contribution in [3.8, 4) is 11.5 Å². The van der Waals surface area contributed by atoms with E-state index in [4.69, 9.17) is 9.47 Å². The smallest absolute Gasteiger partial charge is 0.262 e. The fraction of sp³-hybridized carbons (Fsp3) is 0.0833. The van der Waals surface area contributed by atoms with Crippen molar-refractivity contribution >= 4 is 42.2 Å². The maximum absolute atomic E-state index is 12.8. The highest BCUT2D eigenvalue weighted by Gasteiger charge is 2.20. The van der Waals surface area contributed by atoms with Crippen LogP contribution >= 0.6 is 0 Å². The fourth-order valence-electron chi connectivity index (χ4n) is 3.56. The minimum absolute atomic E-state index is 0.0258. The minimum atomic E-state index is -3.88. The van der Waals surface area contributed by atoms with Crippen molar-refractivity contribution in [1.29, 1.82) is 0 Å². The largest absolute Gasteiger partial charge is 0.486 e. The Hall–Kier alpha value is -3.76. The van der Waals surface area contributed by atoms with Gasteiger partial charge < -0.3 is 9.47 Å². The topological polar surface area (TPSA) is 111 Å². The number of hydrogen-bond acceptors (Lipinski definition) is 6. The Morgan fingerprint density at radius 3 is 1.74 bits per heavy atom. The molecule has 0 amide bonds. The molecule has 34 heavy (non-hydrogen) atoms. The lowest BCUT2D eigenvalue weighted by Crippen LogP contribution is -2.17. The maximum Gasteiger partial charge on any atom is 0.262 e. The number of fused-ring (bicyclic) bond motifs is 2. The summed E-state index contributed by atoms with van der Waals surface area (Å²) in [4.78, 5) is 0.160. The zero-order chi connectivity index (χ0) is 23.8. The molecule has 0 radical (unpaired) electrons. The van der Waals surface area contributed by atoms with Gasteiger partial charge in [0.05, 0.1) is 9.79 Å². The second-order valence-corrected chi connectivity index (χ2v) is 11.0. The first-order valence-electron chi connectivity index (χ1n) is 10.3.